The minimum Gasteiger partial charge on any atom is -0.312 e. The molecule has 1 rings (SSSR count). The molecule has 0 aliphatic carbocycles. The number of hydrogen-bond acceptors (Lipinski definition) is 2. The first kappa shape index (κ1) is 11.1. The highest BCUT2D eigenvalue weighted by molar-refractivity contribution is 5.12. The average molecular weight is 196 g/mol. The number of halogens is 1. The average Bonchev–Trinajstić information content (AvgIpc) is 2.06. The topological polar surface area (TPSA) is 24.9 Å². The van der Waals surface area contributed by atoms with Gasteiger partial charge in [0, 0.05) is 11.7 Å². The summed E-state index contributed by atoms with van der Waals surface area (Å²) in [5.41, 5.74) is 0.806. The van der Waals surface area contributed by atoms with Crippen LogP contribution < -0.4 is 5.32 Å². The maximum absolute atomic E-state index is 13.1. The predicted octanol–water partition coefficient (Wildman–Crippen LogP) is 2.15. The second-order valence-corrected chi connectivity index (χ2v) is 4.39. The fourth-order valence-electron chi connectivity index (χ4n) is 1.18. The first-order chi connectivity index (χ1) is 6.49. The van der Waals surface area contributed by atoms with E-state index < -0.39 is 0 Å². The lowest BCUT2D eigenvalue weighted by atomic mass is 10.1. The maximum Gasteiger partial charge on any atom is 0.144 e. The Morgan fingerprint density at radius 2 is 2.14 bits per heavy atom. The van der Waals surface area contributed by atoms with E-state index in [2.05, 4.69) is 31.1 Å². The largest absolute Gasteiger partial charge is 0.312 e. The number of rotatable bonds is 3. The van der Waals surface area contributed by atoms with Crippen molar-refractivity contribution in [2.24, 2.45) is 0 Å². The van der Waals surface area contributed by atoms with Crippen molar-refractivity contribution in [3.63, 3.8) is 0 Å². The van der Waals surface area contributed by atoms with Crippen LogP contribution in [-0.4, -0.2) is 17.1 Å². The molecule has 1 aromatic heterocycles. The standard InChI is InChI=1S/C11H17FN2/c1-11(2,3)14-7-5-9-4-6-13-8-10(9)12/h4,6,8,14H,5,7H2,1-3H3. The molecule has 0 aromatic carbocycles. The van der Waals surface area contributed by atoms with Crippen LogP contribution in [0, 0.1) is 5.82 Å². The Morgan fingerprint density at radius 3 is 2.71 bits per heavy atom. The maximum atomic E-state index is 13.1. The summed E-state index contributed by atoms with van der Waals surface area (Å²) in [7, 11) is 0. The minimum absolute atomic E-state index is 0.0868. The Morgan fingerprint density at radius 1 is 1.43 bits per heavy atom. The zero-order valence-corrected chi connectivity index (χ0v) is 8.97. The van der Waals surface area contributed by atoms with Crippen molar-refractivity contribution >= 4 is 0 Å². The van der Waals surface area contributed by atoms with Gasteiger partial charge in [0.2, 0.25) is 0 Å². The van der Waals surface area contributed by atoms with Gasteiger partial charge in [0.25, 0.3) is 0 Å². The molecule has 1 N–H and O–H groups in total. The third-order valence-corrected chi connectivity index (χ3v) is 1.91. The molecule has 0 aliphatic heterocycles. The van der Waals surface area contributed by atoms with Gasteiger partial charge >= 0.3 is 0 Å². The molecule has 3 heteroatoms. The van der Waals surface area contributed by atoms with Gasteiger partial charge in [0.05, 0.1) is 6.20 Å². The summed E-state index contributed by atoms with van der Waals surface area (Å²) in [5.74, 6) is -0.219. The van der Waals surface area contributed by atoms with E-state index in [-0.39, 0.29) is 11.4 Å². The van der Waals surface area contributed by atoms with Crippen LogP contribution in [0.4, 0.5) is 4.39 Å². The third-order valence-electron chi connectivity index (χ3n) is 1.91. The van der Waals surface area contributed by atoms with E-state index in [9.17, 15) is 4.39 Å². The van der Waals surface area contributed by atoms with Crippen molar-refractivity contribution in [2.75, 3.05) is 6.54 Å². The van der Waals surface area contributed by atoms with Crippen LogP contribution in [-0.2, 0) is 6.42 Å². The molecule has 0 amide bonds. The molecular weight excluding hydrogens is 179 g/mol. The highest BCUT2D eigenvalue weighted by Crippen LogP contribution is 2.05. The van der Waals surface area contributed by atoms with Crippen molar-refractivity contribution in [2.45, 2.75) is 32.7 Å². The van der Waals surface area contributed by atoms with Gasteiger partial charge in [-0.15, -0.1) is 0 Å². The highest BCUT2D eigenvalue weighted by atomic mass is 19.1. The third kappa shape index (κ3) is 3.83. The summed E-state index contributed by atoms with van der Waals surface area (Å²) in [6.07, 6.45) is 3.58. The second kappa shape index (κ2) is 4.51. The van der Waals surface area contributed by atoms with Crippen molar-refractivity contribution in [1.82, 2.24) is 10.3 Å². The van der Waals surface area contributed by atoms with E-state index in [1.807, 2.05) is 0 Å². The molecule has 0 fully saturated rings. The Balaban J connectivity index is 2.43. The predicted molar refractivity (Wildman–Crippen MR) is 55.7 cm³/mol. The number of pyridine rings is 1. The quantitative estimate of drug-likeness (QED) is 0.801. The molecule has 1 heterocycles. The van der Waals surface area contributed by atoms with E-state index in [0.717, 1.165) is 12.1 Å². The normalized spacial score (nSPS) is 11.7. The molecule has 0 saturated carbocycles. The first-order valence-electron chi connectivity index (χ1n) is 4.82. The molecule has 0 bridgehead atoms. The van der Waals surface area contributed by atoms with Crippen LogP contribution in [0.1, 0.15) is 26.3 Å². The van der Waals surface area contributed by atoms with Gasteiger partial charge in [0.1, 0.15) is 5.82 Å². The summed E-state index contributed by atoms with van der Waals surface area (Å²) in [6.45, 7) is 7.06. The van der Waals surface area contributed by atoms with Gasteiger partial charge in [-0.1, -0.05) is 0 Å². The summed E-state index contributed by atoms with van der Waals surface area (Å²) >= 11 is 0. The van der Waals surface area contributed by atoms with E-state index in [0.29, 0.717) is 6.42 Å². The molecule has 0 radical (unpaired) electrons. The van der Waals surface area contributed by atoms with Crippen LogP contribution in [0.2, 0.25) is 0 Å². The van der Waals surface area contributed by atoms with Crippen LogP contribution in [0.5, 0.6) is 0 Å². The van der Waals surface area contributed by atoms with Gasteiger partial charge in [0.15, 0.2) is 0 Å². The van der Waals surface area contributed by atoms with Crippen molar-refractivity contribution < 1.29 is 4.39 Å². The number of aromatic nitrogens is 1. The molecule has 0 atom stereocenters. The molecular formula is C11H17FN2. The zero-order valence-electron chi connectivity index (χ0n) is 8.97. The van der Waals surface area contributed by atoms with Gasteiger partial charge in [-0.05, 0) is 45.4 Å². The first-order valence-corrected chi connectivity index (χ1v) is 4.82. The number of nitrogens with zero attached hydrogens (tertiary/aromatic N) is 1. The Hall–Kier alpha value is -0.960. The molecule has 0 unspecified atom stereocenters. The molecule has 78 valence electrons. The van der Waals surface area contributed by atoms with Gasteiger partial charge in [-0.2, -0.15) is 0 Å². The summed E-state index contributed by atoms with van der Waals surface area (Å²) < 4.78 is 13.1. The summed E-state index contributed by atoms with van der Waals surface area (Å²) in [6, 6.07) is 1.72. The summed E-state index contributed by atoms with van der Waals surface area (Å²) in [4.78, 5) is 3.71. The van der Waals surface area contributed by atoms with Gasteiger partial charge < -0.3 is 5.32 Å². The SMILES string of the molecule is CC(C)(C)NCCc1ccncc1F. The Kier molecular flexibility index (Phi) is 3.58. The lowest BCUT2D eigenvalue weighted by Crippen LogP contribution is -2.37. The fourth-order valence-corrected chi connectivity index (χ4v) is 1.18. The van der Waals surface area contributed by atoms with Crippen LogP contribution >= 0.6 is 0 Å². The van der Waals surface area contributed by atoms with Crippen LogP contribution in [0.15, 0.2) is 18.5 Å². The molecule has 0 spiro atoms. The van der Waals surface area contributed by atoms with E-state index in [1.165, 1.54) is 6.20 Å². The number of hydrogen-bond donors (Lipinski definition) is 1. The zero-order chi connectivity index (χ0) is 10.6. The monoisotopic (exact) mass is 196 g/mol. The second-order valence-electron chi connectivity index (χ2n) is 4.39. The lowest BCUT2D eigenvalue weighted by molar-refractivity contribution is 0.427. The van der Waals surface area contributed by atoms with E-state index in [1.54, 1.807) is 12.3 Å². The lowest BCUT2D eigenvalue weighted by Gasteiger charge is -2.20. The Bertz CT molecular complexity index is 292. The smallest absolute Gasteiger partial charge is 0.144 e. The highest BCUT2D eigenvalue weighted by Gasteiger charge is 2.08. The molecule has 0 saturated heterocycles. The van der Waals surface area contributed by atoms with Crippen LogP contribution in [0.25, 0.3) is 0 Å². The Labute approximate surface area is 84.6 Å². The minimum atomic E-state index is -0.219. The molecule has 2 nitrogen and oxygen atoms in total. The van der Waals surface area contributed by atoms with Crippen molar-refractivity contribution in [3.05, 3.63) is 29.8 Å². The molecule has 0 aliphatic rings. The van der Waals surface area contributed by atoms with Crippen LogP contribution in [0.3, 0.4) is 0 Å². The van der Waals surface area contributed by atoms with E-state index >= 15 is 0 Å². The van der Waals surface area contributed by atoms with Crippen molar-refractivity contribution in [1.29, 1.82) is 0 Å². The van der Waals surface area contributed by atoms with Crippen molar-refractivity contribution in [3.8, 4) is 0 Å². The molecule has 14 heavy (non-hydrogen) atoms. The summed E-state index contributed by atoms with van der Waals surface area (Å²) in [5, 5.41) is 3.31. The van der Waals surface area contributed by atoms with Gasteiger partial charge in [-0.25, -0.2) is 4.39 Å². The molecule has 1 aromatic rings. The van der Waals surface area contributed by atoms with E-state index in [4.69, 9.17) is 0 Å². The fraction of sp³-hybridized carbons (Fsp3) is 0.545. The van der Waals surface area contributed by atoms with Gasteiger partial charge in [-0.3, -0.25) is 4.98 Å². The number of nitrogens with one attached hydrogen (secondary N) is 1.